The molecular weight excluding hydrogens is 136 g/mol. The summed E-state index contributed by atoms with van der Waals surface area (Å²) < 4.78 is 0. The van der Waals surface area contributed by atoms with Gasteiger partial charge in [-0.25, -0.2) is 0 Å². The van der Waals surface area contributed by atoms with Crippen LogP contribution in [0, 0.1) is 11.8 Å². The number of hydrogen-bond acceptors (Lipinski definition) is 1. The highest BCUT2D eigenvalue weighted by Gasteiger charge is 2.23. The van der Waals surface area contributed by atoms with E-state index in [1.165, 1.54) is 0 Å². The van der Waals surface area contributed by atoms with E-state index in [1.54, 1.807) is 6.92 Å². The van der Waals surface area contributed by atoms with E-state index in [0.29, 0.717) is 17.6 Å². The lowest BCUT2D eigenvalue weighted by Crippen LogP contribution is -2.22. The fourth-order valence-corrected chi connectivity index (χ4v) is 1.82. The van der Waals surface area contributed by atoms with E-state index in [9.17, 15) is 4.79 Å². The zero-order valence-corrected chi connectivity index (χ0v) is 7.34. The number of carbonyl (C=O) groups is 1. The molecule has 0 N–H and O–H groups in total. The van der Waals surface area contributed by atoms with Gasteiger partial charge in [0.1, 0.15) is 5.78 Å². The molecular formula is C10H16O. The molecule has 1 nitrogen and oxygen atoms in total. The van der Waals surface area contributed by atoms with Crippen LogP contribution in [-0.4, -0.2) is 5.78 Å². The molecule has 0 saturated heterocycles. The van der Waals surface area contributed by atoms with Gasteiger partial charge in [-0.1, -0.05) is 25.5 Å². The molecule has 0 bridgehead atoms. The SMILES string of the molecule is CCC1CC=CCC1C(C)=O. The Morgan fingerprint density at radius 2 is 2.09 bits per heavy atom. The molecule has 0 aromatic carbocycles. The standard InChI is InChI=1S/C10H16O/c1-3-9-6-4-5-7-10(9)8(2)11/h4-5,9-10H,3,6-7H2,1-2H3. The predicted octanol–water partition coefficient (Wildman–Crippen LogP) is 2.57. The largest absolute Gasteiger partial charge is 0.300 e. The second kappa shape index (κ2) is 3.70. The summed E-state index contributed by atoms with van der Waals surface area (Å²) in [6.07, 6.45) is 7.54. The van der Waals surface area contributed by atoms with Gasteiger partial charge in [0, 0.05) is 5.92 Å². The molecule has 0 aromatic rings. The maximum absolute atomic E-state index is 11.1. The third-order valence-corrected chi connectivity index (χ3v) is 2.61. The minimum atomic E-state index is 0.310. The van der Waals surface area contributed by atoms with Gasteiger partial charge < -0.3 is 0 Å². The van der Waals surface area contributed by atoms with Crippen molar-refractivity contribution in [1.82, 2.24) is 0 Å². The van der Waals surface area contributed by atoms with Crippen LogP contribution in [0.25, 0.3) is 0 Å². The molecule has 0 fully saturated rings. The number of ketones is 1. The van der Waals surface area contributed by atoms with Gasteiger partial charge in [0.15, 0.2) is 0 Å². The van der Waals surface area contributed by atoms with Crippen molar-refractivity contribution in [2.24, 2.45) is 11.8 Å². The van der Waals surface area contributed by atoms with E-state index < -0.39 is 0 Å². The van der Waals surface area contributed by atoms with Crippen molar-refractivity contribution >= 4 is 5.78 Å². The van der Waals surface area contributed by atoms with Crippen LogP contribution in [0.4, 0.5) is 0 Å². The molecule has 1 heteroatoms. The third-order valence-electron chi connectivity index (χ3n) is 2.61. The average molecular weight is 152 g/mol. The molecule has 1 aliphatic carbocycles. The van der Waals surface area contributed by atoms with Gasteiger partial charge in [-0.3, -0.25) is 4.79 Å². The maximum Gasteiger partial charge on any atom is 0.133 e. The Bertz CT molecular complexity index is 170. The Morgan fingerprint density at radius 3 is 2.55 bits per heavy atom. The average Bonchev–Trinajstić information content (AvgIpc) is 2.04. The summed E-state index contributed by atoms with van der Waals surface area (Å²) >= 11 is 0. The summed E-state index contributed by atoms with van der Waals surface area (Å²) in [6.45, 7) is 3.88. The van der Waals surface area contributed by atoms with Crippen LogP contribution < -0.4 is 0 Å². The fraction of sp³-hybridized carbons (Fsp3) is 0.700. The maximum atomic E-state index is 11.1. The highest BCUT2D eigenvalue weighted by Crippen LogP contribution is 2.28. The molecule has 1 aliphatic rings. The molecule has 62 valence electrons. The normalized spacial score (nSPS) is 30.4. The Labute approximate surface area is 68.5 Å². The molecule has 0 radical (unpaired) electrons. The second-order valence-corrected chi connectivity index (χ2v) is 3.33. The number of hydrogen-bond donors (Lipinski definition) is 0. The number of Topliss-reactive ketones (excluding diaryl/α,β-unsaturated/α-hetero) is 1. The van der Waals surface area contributed by atoms with Crippen LogP contribution in [0.2, 0.25) is 0 Å². The van der Waals surface area contributed by atoms with Crippen molar-refractivity contribution in [3.8, 4) is 0 Å². The zero-order chi connectivity index (χ0) is 8.27. The van der Waals surface area contributed by atoms with E-state index in [4.69, 9.17) is 0 Å². The molecule has 1 rings (SSSR count). The first-order valence-electron chi connectivity index (χ1n) is 4.41. The Morgan fingerprint density at radius 1 is 1.45 bits per heavy atom. The molecule has 2 unspecified atom stereocenters. The van der Waals surface area contributed by atoms with E-state index in [1.807, 2.05) is 0 Å². The summed E-state index contributed by atoms with van der Waals surface area (Å²) in [5, 5.41) is 0. The summed E-state index contributed by atoms with van der Waals surface area (Å²) in [6, 6.07) is 0. The van der Waals surface area contributed by atoms with E-state index in [-0.39, 0.29) is 0 Å². The Kier molecular flexibility index (Phi) is 2.86. The molecule has 0 saturated carbocycles. The van der Waals surface area contributed by atoms with Crippen molar-refractivity contribution < 1.29 is 4.79 Å². The van der Waals surface area contributed by atoms with Gasteiger partial charge in [0.25, 0.3) is 0 Å². The first-order valence-corrected chi connectivity index (χ1v) is 4.41. The van der Waals surface area contributed by atoms with Gasteiger partial charge >= 0.3 is 0 Å². The molecule has 11 heavy (non-hydrogen) atoms. The first kappa shape index (κ1) is 8.51. The first-order chi connectivity index (χ1) is 5.25. The van der Waals surface area contributed by atoms with Crippen LogP contribution in [0.1, 0.15) is 33.1 Å². The van der Waals surface area contributed by atoms with Gasteiger partial charge in [-0.15, -0.1) is 0 Å². The van der Waals surface area contributed by atoms with E-state index in [0.717, 1.165) is 19.3 Å². The van der Waals surface area contributed by atoms with Crippen molar-refractivity contribution in [3.63, 3.8) is 0 Å². The molecule has 0 aliphatic heterocycles. The topological polar surface area (TPSA) is 17.1 Å². The minimum absolute atomic E-state index is 0.310. The van der Waals surface area contributed by atoms with Crippen molar-refractivity contribution in [2.75, 3.05) is 0 Å². The molecule has 0 amide bonds. The number of rotatable bonds is 2. The monoisotopic (exact) mass is 152 g/mol. The quantitative estimate of drug-likeness (QED) is 0.556. The lowest BCUT2D eigenvalue weighted by atomic mass is 9.79. The van der Waals surface area contributed by atoms with Gasteiger partial charge in [0.2, 0.25) is 0 Å². The van der Waals surface area contributed by atoms with Crippen LogP contribution in [0.15, 0.2) is 12.2 Å². The molecule has 0 spiro atoms. The molecule has 0 aromatic heterocycles. The highest BCUT2D eigenvalue weighted by molar-refractivity contribution is 5.78. The van der Waals surface area contributed by atoms with E-state index in [2.05, 4.69) is 19.1 Å². The Hall–Kier alpha value is -0.590. The summed E-state index contributed by atoms with van der Waals surface area (Å²) in [5.74, 6) is 1.28. The van der Waals surface area contributed by atoms with Crippen LogP contribution in [0.5, 0.6) is 0 Å². The van der Waals surface area contributed by atoms with Crippen molar-refractivity contribution in [3.05, 3.63) is 12.2 Å². The zero-order valence-electron chi connectivity index (χ0n) is 7.34. The van der Waals surface area contributed by atoms with Crippen molar-refractivity contribution in [2.45, 2.75) is 33.1 Å². The minimum Gasteiger partial charge on any atom is -0.300 e. The summed E-state index contributed by atoms with van der Waals surface area (Å²) in [4.78, 5) is 11.1. The molecule has 2 atom stereocenters. The summed E-state index contributed by atoms with van der Waals surface area (Å²) in [7, 11) is 0. The lowest BCUT2D eigenvalue weighted by Gasteiger charge is -2.24. The van der Waals surface area contributed by atoms with Gasteiger partial charge in [-0.05, 0) is 25.7 Å². The van der Waals surface area contributed by atoms with Crippen LogP contribution in [-0.2, 0) is 4.79 Å². The number of carbonyl (C=O) groups excluding carboxylic acids is 1. The molecule has 0 heterocycles. The fourth-order valence-electron chi connectivity index (χ4n) is 1.82. The van der Waals surface area contributed by atoms with Gasteiger partial charge in [0.05, 0.1) is 0 Å². The van der Waals surface area contributed by atoms with Gasteiger partial charge in [-0.2, -0.15) is 0 Å². The van der Waals surface area contributed by atoms with E-state index >= 15 is 0 Å². The Balaban J connectivity index is 2.61. The lowest BCUT2D eigenvalue weighted by molar-refractivity contribution is -0.122. The van der Waals surface area contributed by atoms with Crippen LogP contribution >= 0.6 is 0 Å². The second-order valence-electron chi connectivity index (χ2n) is 3.33. The summed E-state index contributed by atoms with van der Waals surface area (Å²) in [5.41, 5.74) is 0. The third kappa shape index (κ3) is 1.92. The predicted molar refractivity (Wildman–Crippen MR) is 46.3 cm³/mol. The number of allylic oxidation sites excluding steroid dienone is 2. The highest BCUT2D eigenvalue weighted by atomic mass is 16.1. The van der Waals surface area contributed by atoms with Crippen LogP contribution in [0.3, 0.4) is 0 Å². The van der Waals surface area contributed by atoms with Crippen molar-refractivity contribution in [1.29, 1.82) is 0 Å². The smallest absolute Gasteiger partial charge is 0.133 e.